The van der Waals surface area contributed by atoms with Crippen LogP contribution in [-0.4, -0.2) is 25.2 Å². The first kappa shape index (κ1) is 18.1. The number of anilines is 1. The fourth-order valence-corrected chi connectivity index (χ4v) is 3.50. The molecule has 2 heterocycles. The lowest BCUT2D eigenvalue weighted by Gasteiger charge is -2.06. The van der Waals surface area contributed by atoms with Gasteiger partial charge in [-0.1, -0.05) is 42.1 Å². The topological polar surface area (TPSA) is 64.7 Å². The number of aromatic nitrogens is 4. The van der Waals surface area contributed by atoms with E-state index in [-0.39, 0.29) is 5.91 Å². The van der Waals surface area contributed by atoms with Gasteiger partial charge in [0.05, 0.1) is 18.3 Å². The lowest BCUT2D eigenvalue weighted by Crippen LogP contribution is -2.11. The van der Waals surface area contributed by atoms with Crippen LogP contribution in [0.2, 0.25) is 0 Å². The van der Waals surface area contributed by atoms with E-state index in [9.17, 15) is 4.79 Å². The van der Waals surface area contributed by atoms with Gasteiger partial charge in [-0.15, -0.1) is 0 Å². The Labute approximate surface area is 167 Å². The molecule has 0 bridgehead atoms. The van der Waals surface area contributed by atoms with Crippen molar-refractivity contribution in [3.05, 3.63) is 90.5 Å². The highest BCUT2D eigenvalue weighted by atomic mass is 32.2. The van der Waals surface area contributed by atoms with Crippen LogP contribution in [0.15, 0.2) is 89.4 Å². The Bertz CT molecular complexity index is 1070. The molecule has 7 heteroatoms. The van der Waals surface area contributed by atoms with Crippen LogP contribution in [-0.2, 0) is 13.6 Å². The first-order chi connectivity index (χ1) is 13.7. The van der Waals surface area contributed by atoms with Crippen molar-refractivity contribution in [3.8, 4) is 0 Å². The summed E-state index contributed by atoms with van der Waals surface area (Å²) in [5.41, 5.74) is 2.41. The number of benzene rings is 2. The van der Waals surface area contributed by atoms with Gasteiger partial charge in [0, 0.05) is 36.2 Å². The third kappa shape index (κ3) is 4.32. The number of hydrogen-bond donors (Lipinski definition) is 1. The molecule has 0 saturated carbocycles. The lowest BCUT2D eigenvalue weighted by atomic mass is 10.2. The molecule has 0 aliphatic rings. The highest BCUT2D eigenvalue weighted by Crippen LogP contribution is 2.26. The Balaban J connectivity index is 1.38. The van der Waals surface area contributed by atoms with Gasteiger partial charge in [-0.2, -0.15) is 5.10 Å². The number of nitrogens with zero attached hydrogens (tertiary/aromatic N) is 4. The molecule has 0 unspecified atom stereocenters. The standard InChI is InChI=1S/C21H19N5OS/c1-25-12-11-22-21(25)28-19-9-7-18(8-10-19)24-20(27)17-13-23-26(15-17)14-16-5-3-2-4-6-16/h2-13,15H,14H2,1H3,(H,24,27). The van der Waals surface area contributed by atoms with Gasteiger partial charge < -0.3 is 9.88 Å². The van der Waals surface area contributed by atoms with E-state index in [0.29, 0.717) is 12.1 Å². The average Bonchev–Trinajstić information content (AvgIpc) is 3.34. The summed E-state index contributed by atoms with van der Waals surface area (Å²) in [6.07, 6.45) is 7.03. The minimum atomic E-state index is -0.177. The quantitative estimate of drug-likeness (QED) is 0.540. The Morgan fingerprint density at radius 1 is 1.11 bits per heavy atom. The van der Waals surface area contributed by atoms with Crippen molar-refractivity contribution in [3.63, 3.8) is 0 Å². The maximum atomic E-state index is 12.5. The normalized spacial score (nSPS) is 10.8. The van der Waals surface area contributed by atoms with E-state index in [4.69, 9.17) is 0 Å². The molecule has 0 saturated heterocycles. The van der Waals surface area contributed by atoms with Crippen LogP contribution in [0.1, 0.15) is 15.9 Å². The van der Waals surface area contributed by atoms with Crippen LogP contribution >= 0.6 is 11.8 Å². The number of nitrogens with one attached hydrogen (secondary N) is 1. The second-order valence-corrected chi connectivity index (χ2v) is 7.35. The van der Waals surface area contributed by atoms with Gasteiger partial charge in [0.15, 0.2) is 5.16 Å². The number of amides is 1. The monoisotopic (exact) mass is 389 g/mol. The van der Waals surface area contributed by atoms with E-state index in [2.05, 4.69) is 15.4 Å². The summed E-state index contributed by atoms with van der Waals surface area (Å²) < 4.78 is 3.73. The maximum absolute atomic E-state index is 12.5. The van der Waals surface area contributed by atoms with Crippen LogP contribution in [0.5, 0.6) is 0 Å². The number of imidazole rings is 1. The molecule has 140 valence electrons. The van der Waals surface area contributed by atoms with Crippen LogP contribution in [0, 0.1) is 0 Å². The molecule has 0 atom stereocenters. The Morgan fingerprint density at radius 3 is 2.61 bits per heavy atom. The summed E-state index contributed by atoms with van der Waals surface area (Å²) in [5, 5.41) is 8.11. The highest BCUT2D eigenvalue weighted by molar-refractivity contribution is 7.99. The highest BCUT2D eigenvalue weighted by Gasteiger charge is 2.10. The van der Waals surface area contributed by atoms with Crippen molar-refractivity contribution in [1.82, 2.24) is 19.3 Å². The Hall–Kier alpha value is -3.32. The summed E-state index contributed by atoms with van der Waals surface area (Å²) in [7, 11) is 1.96. The minimum absolute atomic E-state index is 0.177. The van der Waals surface area contributed by atoms with Crippen LogP contribution in [0.25, 0.3) is 0 Å². The zero-order valence-electron chi connectivity index (χ0n) is 15.3. The third-order valence-electron chi connectivity index (χ3n) is 4.18. The van der Waals surface area contributed by atoms with Crippen molar-refractivity contribution in [1.29, 1.82) is 0 Å². The van der Waals surface area contributed by atoms with E-state index in [0.717, 1.165) is 21.3 Å². The minimum Gasteiger partial charge on any atom is -0.329 e. The fourth-order valence-electron chi connectivity index (χ4n) is 2.70. The number of rotatable bonds is 6. The predicted molar refractivity (Wildman–Crippen MR) is 109 cm³/mol. The molecule has 1 N–H and O–H groups in total. The van der Waals surface area contributed by atoms with E-state index >= 15 is 0 Å². The summed E-state index contributed by atoms with van der Waals surface area (Å²) in [6, 6.07) is 17.7. The molecule has 0 aliphatic carbocycles. The second kappa shape index (κ2) is 8.14. The maximum Gasteiger partial charge on any atom is 0.258 e. The summed E-state index contributed by atoms with van der Waals surface area (Å²) in [5.74, 6) is -0.177. The van der Waals surface area contributed by atoms with Gasteiger partial charge >= 0.3 is 0 Å². The van der Waals surface area contributed by atoms with Crippen LogP contribution in [0.3, 0.4) is 0 Å². The number of carbonyl (C=O) groups is 1. The van der Waals surface area contributed by atoms with Gasteiger partial charge in [0.2, 0.25) is 0 Å². The molecule has 0 radical (unpaired) electrons. The molecule has 0 aliphatic heterocycles. The zero-order chi connectivity index (χ0) is 19.3. The lowest BCUT2D eigenvalue weighted by molar-refractivity contribution is 0.102. The smallest absolute Gasteiger partial charge is 0.258 e. The van der Waals surface area contributed by atoms with Crippen LogP contribution < -0.4 is 5.32 Å². The number of aryl methyl sites for hydroxylation is 1. The van der Waals surface area contributed by atoms with E-state index in [1.165, 1.54) is 0 Å². The van der Waals surface area contributed by atoms with Crippen molar-refractivity contribution >= 4 is 23.4 Å². The average molecular weight is 389 g/mol. The van der Waals surface area contributed by atoms with Gasteiger partial charge in [0.1, 0.15) is 0 Å². The molecule has 2 aromatic heterocycles. The molecule has 1 amide bonds. The summed E-state index contributed by atoms with van der Waals surface area (Å²) in [6.45, 7) is 0.632. The molecular formula is C21H19N5OS. The van der Waals surface area contributed by atoms with Crippen molar-refractivity contribution in [2.45, 2.75) is 16.6 Å². The molecule has 0 fully saturated rings. The zero-order valence-corrected chi connectivity index (χ0v) is 16.1. The van der Waals surface area contributed by atoms with Gasteiger partial charge in [-0.3, -0.25) is 9.48 Å². The number of hydrogen-bond acceptors (Lipinski definition) is 4. The van der Waals surface area contributed by atoms with E-state index < -0.39 is 0 Å². The molecule has 6 nitrogen and oxygen atoms in total. The van der Waals surface area contributed by atoms with Crippen molar-refractivity contribution in [2.24, 2.45) is 7.05 Å². The second-order valence-electron chi connectivity index (χ2n) is 6.31. The van der Waals surface area contributed by atoms with Gasteiger partial charge in [0.25, 0.3) is 5.91 Å². The molecular weight excluding hydrogens is 370 g/mol. The van der Waals surface area contributed by atoms with Crippen molar-refractivity contribution in [2.75, 3.05) is 5.32 Å². The van der Waals surface area contributed by atoms with Crippen LogP contribution in [0.4, 0.5) is 5.69 Å². The largest absolute Gasteiger partial charge is 0.329 e. The molecule has 2 aromatic carbocycles. The van der Waals surface area contributed by atoms with Crippen molar-refractivity contribution < 1.29 is 4.79 Å². The van der Waals surface area contributed by atoms with Gasteiger partial charge in [-0.25, -0.2) is 4.98 Å². The third-order valence-corrected chi connectivity index (χ3v) is 5.26. The summed E-state index contributed by atoms with van der Waals surface area (Å²) in [4.78, 5) is 17.8. The first-order valence-corrected chi connectivity index (χ1v) is 9.62. The Morgan fingerprint density at radius 2 is 1.89 bits per heavy atom. The Kier molecular flexibility index (Phi) is 5.25. The summed E-state index contributed by atoms with van der Waals surface area (Å²) >= 11 is 1.57. The predicted octanol–water partition coefficient (Wildman–Crippen LogP) is 4.07. The fraction of sp³-hybridized carbons (Fsp3) is 0.0952. The number of carbonyl (C=O) groups excluding carboxylic acids is 1. The van der Waals surface area contributed by atoms with E-state index in [1.54, 1.807) is 35.0 Å². The molecule has 4 rings (SSSR count). The van der Waals surface area contributed by atoms with E-state index in [1.807, 2.05) is 72.4 Å². The molecule has 0 spiro atoms. The first-order valence-electron chi connectivity index (χ1n) is 8.80. The van der Waals surface area contributed by atoms with Gasteiger partial charge in [-0.05, 0) is 29.8 Å². The molecule has 28 heavy (non-hydrogen) atoms. The molecule has 4 aromatic rings. The SMILES string of the molecule is Cn1ccnc1Sc1ccc(NC(=O)c2cnn(Cc3ccccc3)c2)cc1.